The number of ketones is 6. The van der Waals surface area contributed by atoms with Gasteiger partial charge in [0.25, 0.3) is 0 Å². The Hall–Kier alpha value is -6.17. The highest BCUT2D eigenvalue weighted by Crippen LogP contribution is 2.37. The van der Waals surface area contributed by atoms with Crippen molar-refractivity contribution in [1.29, 1.82) is 0 Å². The molecule has 1 fully saturated rings. The summed E-state index contributed by atoms with van der Waals surface area (Å²) in [7, 11) is 0. The maximum atomic E-state index is 14.7. The summed E-state index contributed by atoms with van der Waals surface area (Å²) < 4.78 is 0. The van der Waals surface area contributed by atoms with E-state index in [4.69, 9.17) is 0 Å². The van der Waals surface area contributed by atoms with Crippen LogP contribution in [0.4, 0.5) is 0 Å². The average Bonchev–Trinajstić information content (AvgIpc) is 3.81. The van der Waals surface area contributed by atoms with Crippen molar-refractivity contribution in [1.82, 2.24) is 36.9 Å². The molecule has 10 atom stereocenters. The lowest BCUT2D eigenvalue weighted by Gasteiger charge is -2.34. The van der Waals surface area contributed by atoms with Crippen LogP contribution >= 0.6 is 0 Å². The summed E-state index contributed by atoms with van der Waals surface area (Å²) in [5, 5.41) is 17.1. The van der Waals surface area contributed by atoms with Crippen LogP contribution in [0.5, 0.6) is 0 Å². The molecule has 18 nitrogen and oxygen atoms in total. The highest BCUT2D eigenvalue weighted by Gasteiger charge is 2.41. The van der Waals surface area contributed by atoms with Gasteiger partial charge in [-0.25, -0.2) is 0 Å². The highest BCUT2D eigenvalue weighted by atomic mass is 16.2. The van der Waals surface area contributed by atoms with Crippen molar-refractivity contribution in [2.45, 2.75) is 221 Å². The van der Waals surface area contributed by atoms with Gasteiger partial charge in [-0.2, -0.15) is 0 Å². The molecule has 436 valence electrons. The molecule has 18 heteroatoms. The predicted molar refractivity (Wildman–Crippen MR) is 303 cm³/mol. The molecule has 1 aromatic carbocycles. The zero-order chi connectivity index (χ0) is 58.6. The summed E-state index contributed by atoms with van der Waals surface area (Å²) in [6.45, 7) is 15.3. The van der Waals surface area contributed by atoms with Gasteiger partial charge in [0.1, 0.15) is 46.8 Å². The second kappa shape index (κ2) is 31.0. The third-order valence-corrected chi connectivity index (χ3v) is 16.3. The summed E-state index contributed by atoms with van der Waals surface area (Å²) >= 11 is 0. The first-order valence-corrected chi connectivity index (χ1v) is 28.9. The molecule has 2 aromatic rings. The Morgan fingerprint density at radius 3 is 1.85 bits per heavy atom. The predicted octanol–water partition coefficient (Wildman–Crippen LogP) is 6.74. The molecule has 1 aliphatic carbocycles. The number of para-hydroxylation sites is 1. The van der Waals surface area contributed by atoms with Gasteiger partial charge in [0.15, 0.2) is 0 Å². The molecule has 1 saturated carbocycles. The van der Waals surface area contributed by atoms with Crippen molar-refractivity contribution in [3.63, 3.8) is 0 Å². The number of aromatic nitrogens is 1. The molecule has 1 aromatic heterocycles. The minimum absolute atomic E-state index is 0.0238. The number of H-pyrrole nitrogens is 1. The zero-order valence-electron chi connectivity index (χ0n) is 48.7. The normalized spacial score (nSPS) is 24.3. The van der Waals surface area contributed by atoms with Gasteiger partial charge in [-0.05, 0) is 131 Å². The fourth-order valence-corrected chi connectivity index (χ4v) is 10.4. The SMILES string of the molecule is CC(=O)C[C@]1(C)CCCCCC/C=C/CCC[C@@](C)(C(=O)NC(C)C(=O)N[C@@H](C)C(=O)NC(C)C(=O)N[C@@H](C)C(=O)C(=O)[C@H](C)NC[C@H](C)C(C)=O)NC(=O)[C@H](CC2CCC2)CCC(=O)[C@H](Cc2c[nH]c3ccccc23)CC1=O. The van der Waals surface area contributed by atoms with Gasteiger partial charge in [-0.3, -0.25) is 52.7 Å². The van der Waals surface area contributed by atoms with E-state index in [0.717, 1.165) is 67.8 Å². The number of benzene rings is 1. The largest absolute Gasteiger partial charge is 0.361 e. The molecule has 4 rings (SSSR count). The number of nitrogens with one attached hydrogen (secondary N) is 7. The van der Waals surface area contributed by atoms with Crippen LogP contribution in [0, 0.1) is 29.1 Å². The van der Waals surface area contributed by atoms with E-state index < -0.39 is 88.2 Å². The molecule has 7 N–H and O–H groups in total. The number of fused-ring (bicyclic) bond motifs is 1. The van der Waals surface area contributed by atoms with Crippen LogP contribution in [0.1, 0.15) is 184 Å². The topological polar surface area (TPSA) is 276 Å². The van der Waals surface area contributed by atoms with E-state index in [2.05, 4.69) is 49.0 Å². The van der Waals surface area contributed by atoms with E-state index in [-0.39, 0.29) is 79.5 Å². The number of aromatic amines is 1. The van der Waals surface area contributed by atoms with Gasteiger partial charge in [0.05, 0.1) is 12.1 Å². The Labute approximate surface area is 467 Å². The smallest absolute Gasteiger partial charge is 0.246 e. The van der Waals surface area contributed by atoms with Crippen LogP contribution in [0.3, 0.4) is 0 Å². The molecule has 2 aliphatic rings. The quantitative estimate of drug-likeness (QED) is 0.0506. The Morgan fingerprint density at radius 1 is 0.658 bits per heavy atom. The van der Waals surface area contributed by atoms with E-state index in [0.29, 0.717) is 32.1 Å². The van der Waals surface area contributed by atoms with Crippen LogP contribution in [-0.4, -0.2) is 112 Å². The molecule has 2 unspecified atom stereocenters. The fourth-order valence-electron chi connectivity index (χ4n) is 10.4. The minimum Gasteiger partial charge on any atom is -0.361 e. The molecule has 79 heavy (non-hydrogen) atoms. The first-order valence-electron chi connectivity index (χ1n) is 28.9. The van der Waals surface area contributed by atoms with Crippen molar-refractivity contribution >= 4 is 75.1 Å². The summed E-state index contributed by atoms with van der Waals surface area (Å²) in [5.41, 5.74) is -0.606. The standard InChI is InChI=1S/C61H91N7O11/c1-37(44(8)70)35-62-39(3)53(73)54(74)40(4)64-55(75)41(5)65-56(76)42(6)66-57(77)43(7)67-59(79)61(10)30-21-17-15-13-11-12-14-16-20-29-60(9,34-38(2)69)52(72)33-47(32-48-36-63-50-26-19-18-25-49(48)50)51(71)28-27-46(58(78)68-61)31-45-23-22-24-45/h13,15,18-19,25-26,36-37,39-43,45-47,62-63H,11-12,14,16-17,20-24,27-35H2,1-10H3,(H,64,75)(H,65,76)(H,66,77)(H,67,79)(H,68,78)/b15-13+/t37-,39-,40-,41?,42-,43?,46-,47+,60-,61-/m0/s1. The zero-order valence-corrected chi connectivity index (χ0v) is 48.7. The lowest BCUT2D eigenvalue weighted by atomic mass is 9.72. The lowest BCUT2D eigenvalue weighted by Crippen LogP contribution is -2.61. The number of carbonyl (C=O) groups excluding carboxylic acids is 11. The fraction of sp³-hybridized carbons (Fsp3) is 0.656. The van der Waals surface area contributed by atoms with E-state index in [1.807, 2.05) is 37.4 Å². The molecule has 1 aliphatic heterocycles. The Morgan fingerprint density at radius 2 is 1.24 bits per heavy atom. The van der Waals surface area contributed by atoms with Crippen molar-refractivity contribution in [3.8, 4) is 0 Å². The monoisotopic (exact) mass is 1100 g/mol. The number of Topliss-reactive ketones (excluding diaryl/α,β-unsaturated/α-hetero) is 6. The summed E-state index contributed by atoms with van der Waals surface area (Å²) in [4.78, 5) is 151. The van der Waals surface area contributed by atoms with E-state index >= 15 is 0 Å². The van der Waals surface area contributed by atoms with Crippen molar-refractivity contribution in [2.24, 2.45) is 29.1 Å². The summed E-state index contributed by atoms with van der Waals surface area (Å²) in [6, 6.07) is 2.11. The average molecular weight is 1100 g/mol. The molecular weight excluding hydrogens is 1010 g/mol. The minimum atomic E-state index is -1.50. The van der Waals surface area contributed by atoms with Crippen LogP contribution in [0.2, 0.25) is 0 Å². The molecular formula is C61H91N7O11. The van der Waals surface area contributed by atoms with E-state index in [1.54, 1.807) is 13.8 Å². The third-order valence-electron chi connectivity index (χ3n) is 16.3. The van der Waals surface area contributed by atoms with Gasteiger partial charge in [-0.1, -0.05) is 82.7 Å². The molecule has 0 radical (unpaired) electrons. The van der Waals surface area contributed by atoms with Gasteiger partial charge < -0.3 is 36.9 Å². The van der Waals surface area contributed by atoms with Gasteiger partial charge in [-0.15, -0.1) is 0 Å². The van der Waals surface area contributed by atoms with Gasteiger partial charge in [0.2, 0.25) is 41.1 Å². The highest BCUT2D eigenvalue weighted by molar-refractivity contribution is 6.41. The Balaban J connectivity index is 1.48. The Kier molecular flexibility index (Phi) is 25.6. The number of amides is 5. The van der Waals surface area contributed by atoms with E-state index in [9.17, 15) is 52.7 Å². The van der Waals surface area contributed by atoms with Crippen molar-refractivity contribution in [2.75, 3.05) is 6.54 Å². The number of hydrogen-bond donors (Lipinski definition) is 7. The Bertz CT molecular complexity index is 2530. The molecule has 0 spiro atoms. The maximum absolute atomic E-state index is 14.7. The van der Waals surface area contributed by atoms with E-state index in [1.165, 1.54) is 48.5 Å². The molecule has 2 heterocycles. The van der Waals surface area contributed by atoms with Gasteiger partial charge >= 0.3 is 0 Å². The third kappa shape index (κ3) is 20.2. The summed E-state index contributed by atoms with van der Waals surface area (Å²) in [6.07, 6.45) is 16.3. The summed E-state index contributed by atoms with van der Waals surface area (Å²) in [5.74, 6) is -6.72. The van der Waals surface area contributed by atoms with Crippen LogP contribution in [-0.2, 0) is 59.2 Å². The van der Waals surface area contributed by atoms with Crippen LogP contribution in [0.25, 0.3) is 10.9 Å². The maximum Gasteiger partial charge on any atom is 0.246 e. The first-order chi connectivity index (χ1) is 37.2. The van der Waals surface area contributed by atoms with Crippen LogP contribution < -0.4 is 31.9 Å². The van der Waals surface area contributed by atoms with Crippen molar-refractivity contribution < 1.29 is 52.7 Å². The first kappa shape index (κ1) is 65.3. The molecule has 0 bridgehead atoms. The number of hydrogen-bond acceptors (Lipinski definition) is 12. The number of carbonyl (C=O) groups is 11. The second-order valence-electron chi connectivity index (χ2n) is 23.5. The van der Waals surface area contributed by atoms with Crippen molar-refractivity contribution in [3.05, 3.63) is 48.2 Å². The molecule has 5 amide bonds. The number of allylic oxidation sites excluding steroid dienone is 2. The van der Waals surface area contributed by atoms with Crippen LogP contribution in [0.15, 0.2) is 42.6 Å². The lowest BCUT2D eigenvalue weighted by molar-refractivity contribution is -0.140. The second-order valence-corrected chi connectivity index (χ2v) is 23.5. The van der Waals surface area contributed by atoms with Gasteiger partial charge in [0, 0.05) is 66.1 Å². The number of rotatable bonds is 21. The molecule has 0 saturated heterocycles.